The molecule has 1 heterocycles. The maximum Gasteiger partial charge on any atom is 0.325 e. The molecule has 0 aliphatic carbocycles. The molecular formula is C8H13N5O3. The summed E-state index contributed by atoms with van der Waals surface area (Å²) in [5.41, 5.74) is 0. The number of amides is 1. The number of aryl methyl sites for hydroxylation is 1. The Morgan fingerprint density at radius 3 is 2.81 bits per heavy atom. The van der Waals surface area contributed by atoms with Gasteiger partial charge in [-0.3, -0.25) is 9.59 Å². The van der Waals surface area contributed by atoms with Crippen LogP contribution in [0.4, 0.5) is 0 Å². The van der Waals surface area contributed by atoms with Gasteiger partial charge in [0.2, 0.25) is 5.91 Å². The zero-order valence-electron chi connectivity index (χ0n) is 9.04. The van der Waals surface area contributed by atoms with Crippen LogP contribution in [0.3, 0.4) is 0 Å². The first kappa shape index (κ1) is 12.1. The number of aliphatic carboxylic acids is 1. The van der Waals surface area contributed by atoms with Crippen molar-refractivity contribution >= 4 is 11.9 Å². The molecule has 1 aromatic heterocycles. The topological polar surface area (TPSA) is 110 Å². The zero-order chi connectivity index (χ0) is 12.1. The van der Waals surface area contributed by atoms with E-state index in [9.17, 15) is 9.59 Å². The lowest BCUT2D eigenvalue weighted by Crippen LogP contribution is -2.39. The van der Waals surface area contributed by atoms with Crippen molar-refractivity contribution in [2.75, 3.05) is 0 Å². The second kappa shape index (κ2) is 5.19. The van der Waals surface area contributed by atoms with E-state index >= 15 is 0 Å². The molecule has 0 saturated heterocycles. The van der Waals surface area contributed by atoms with E-state index in [0.717, 1.165) is 0 Å². The molecule has 8 heteroatoms. The van der Waals surface area contributed by atoms with Gasteiger partial charge in [0.05, 0.1) is 6.42 Å². The average Bonchev–Trinajstić information content (AvgIpc) is 2.64. The summed E-state index contributed by atoms with van der Waals surface area (Å²) in [7, 11) is 0. The number of hydrogen-bond donors (Lipinski definition) is 2. The molecule has 1 unspecified atom stereocenters. The Morgan fingerprint density at radius 1 is 1.56 bits per heavy atom. The Labute approximate surface area is 91.6 Å². The molecule has 0 radical (unpaired) electrons. The van der Waals surface area contributed by atoms with E-state index in [1.807, 2.05) is 6.92 Å². The molecule has 1 aromatic rings. The fourth-order valence-electron chi connectivity index (χ4n) is 1.09. The lowest BCUT2D eigenvalue weighted by molar-refractivity contribution is -0.141. The van der Waals surface area contributed by atoms with E-state index in [1.165, 1.54) is 11.6 Å². The van der Waals surface area contributed by atoms with E-state index in [2.05, 4.69) is 20.8 Å². The Bertz CT molecular complexity index is 389. The molecular weight excluding hydrogens is 214 g/mol. The van der Waals surface area contributed by atoms with Gasteiger partial charge in [-0.15, -0.1) is 5.10 Å². The number of nitrogens with one attached hydrogen (secondary N) is 1. The van der Waals surface area contributed by atoms with Crippen molar-refractivity contribution in [1.29, 1.82) is 0 Å². The first-order chi connectivity index (χ1) is 7.54. The van der Waals surface area contributed by atoms with E-state index in [0.29, 0.717) is 12.4 Å². The summed E-state index contributed by atoms with van der Waals surface area (Å²) < 4.78 is 1.48. The van der Waals surface area contributed by atoms with Crippen molar-refractivity contribution in [3.05, 3.63) is 5.82 Å². The second-order valence-corrected chi connectivity index (χ2v) is 3.22. The molecule has 0 aliphatic heterocycles. The van der Waals surface area contributed by atoms with E-state index < -0.39 is 17.9 Å². The van der Waals surface area contributed by atoms with E-state index in [4.69, 9.17) is 5.11 Å². The van der Waals surface area contributed by atoms with Crippen LogP contribution < -0.4 is 5.32 Å². The molecule has 88 valence electrons. The van der Waals surface area contributed by atoms with Crippen LogP contribution in [0.1, 0.15) is 19.7 Å². The lowest BCUT2D eigenvalue weighted by Gasteiger charge is -2.08. The van der Waals surface area contributed by atoms with Crippen molar-refractivity contribution in [1.82, 2.24) is 25.5 Å². The number of tetrazole rings is 1. The Hall–Kier alpha value is -1.99. The molecule has 0 saturated carbocycles. The normalized spacial score (nSPS) is 12.1. The number of carbonyl (C=O) groups excluding carboxylic acids is 1. The van der Waals surface area contributed by atoms with Gasteiger partial charge in [0.25, 0.3) is 0 Å². The van der Waals surface area contributed by atoms with Crippen LogP contribution in [0.2, 0.25) is 0 Å². The van der Waals surface area contributed by atoms with Gasteiger partial charge in [-0.05, 0) is 24.3 Å². The smallest absolute Gasteiger partial charge is 0.325 e. The third kappa shape index (κ3) is 3.01. The number of rotatable bonds is 5. The van der Waals surface area contributed by atoms with Gasteiger partial charge in [0.15, 0.2) is 5.82 Å². The summed E-state index contributed by atoms with van der Waals surface area (Å²) >= 11 is 0. The summed E-state index contributed by atoms with van der Waals surface area (Å²) in [4.78, 5) is 21.9. The largest absolute Gasteiger partial charge is 0.480 e. The molecule has 1 atom stereocenters. The number of carboxylic acid groups (broad SMARTS) is 1. The highest BCUT2D eigenvalue weighted by molar-refractivity contribution is 5.84. The highest BCUT2D eigenvalue weighted by atomic mass is 16.4. The number of nitrogens with zero attached hydrogens (tertiary/aromatic N) is 4. The molecule has 2 N–H and O–H groups in total. The minimum Gasteiger partial charge on any atom is -0.480 e. The Balaban J connectivity index is 2.55. The monoisotopic (exact) mass is 227 g/mol. The summed E-state index contributed by atoms with van der Waals surface area (Å²) in [5, 5.41) is 21.7. The zero-order valence-corrected chi connectivity index (χ0v) is 9.04. The van der Waals surface area contributed by atoms with Crippen LogP contribution in [0.5, 0.6) is 0 Å². The van der Waals surface area contributed by atoms with Gasteiger partial charge >= 0.3 is 5.97 Å². The van der Waals surface area contributed by atoms with E-state index in [-0.39, 0.29) is 6.42 Å². The van der Waals surface area contributed by atoms with E-state index in [1.54, 1.807) is 0 Å². The average molecular weight is 227 g/mol. The highest BCUT2D eigenvalue weighted by Crippen LogP contribution is 1.94. The summed E-state index contributed by atoms with van der Waals surface area (Å²) in [6.07, 6.45) is -0.0293. The van der Waals surface area contributed by atoms with Gasteiger partial charge in [-0.2, -0.15) is 0 Å². The predicted molar refractivity (Wildman–Crippen MR) is 52.4 cm³/mol. The van der Waals surface area contributed by atoms with Crippen molar-refractivity contribution in [2.45, 2.75) is 32.9 Å². The van der Waals surface area contributed by atoms with Crippen LogP contribution in [-0.2, 0) is 22.6 Å². The molecule has 0 spiro atoms. The molecule has 0 aromatic carbocycles. The summed E-state index contributed by atoms with van der Waals surface area (Å²) in [6, 6.07) is -0.918. The first-order valence-electron chi connectivity index (χ1n) is 4.81. The van der Waals surface area contributed by atoms with Crippen molar-refractivity contribution in [2.24, 2.45) is 0 Å². The SMILES string of the molecule is CCn1nnnc1CC(=O)NC(C)C(=O)O. The van der Waals surface area contributed by atoms with Crippen molar-refractivity contribution < 1.29 is 14.7 Å². The van der Waals surface area contributed by atoms with Gasteiger partial charge < -0.3 is 10.4 Å². The number of carboxylic acids is 1. The van der Waals surface area contributed by atoms with Crippen LogP contribution >= 0.6 is 0 Å². The van der Waals surface area contributed by atoms with Crippen LogP contribution in [0, 0.1) is 0 Å². The van der Waals surface area contributed by atoms with Crippen molar-refractivity contribution in [3.8, 4) is 0 Å². The quantitative estimate of drug-likeness (QED) is 0.655. The fourth-order valence-corrected chi connectivity index (χ4v) is 1.09. The number of hydrogen-bond acceptors (Lipinski definition) is 5. The summed E-state index contributed by atoms with van der Waals surface area (Å²) in [6.45, 7) is 3.80. The van der Waals surface area contributed by atoms with Crippen LogP contribution in [-0.4, -0.2) is 43.2 Å². The third-order valence-electron chi connectivity index (χ3n) is 1.97. The highest BCUT2D eigenvalue weighted by Gasteiger charge is 2.16. The minimum atomic E-state index is -1.08. The lowest BCUT2D eigenvalue weighted by atomic mass is 10.3. The molecule has 1 rings (SSSR count). The first-order valence-corrected chi connectivity index (χ1v) is 4.81. The molecule has 8 nitrogen and oxygen atoms in total. The second-order valence-electron chi connectivity index (χ2n) is 3.22. The third-order valence-corrected chi connectivity index (χ3v) is 1.97. The fraction of sp³-hybridized carbons (Fsp3) is 0.625. The predicted octanol–water partition coefficient (Wildman–Crippen LogP) is -1.18. The van der Waals surface area contributed by atoms with Gasteiger partial charge in [0, 0.05) is 6.54 Å². The maximum absolute atomic E-state index is 11.4. The van der Waals surface area contributed by atoms with Crippen molar-refractivity contribution in [3.63, 3.8) is 0 Å². The molecule has 1 amide bonds. The van der Waals surface area contributed by atoms with Crippen LogP contribution in [0.15, 0.2) is 0 Å². The molecule has 0 bridgehead atoms. The molecule has 0 fully saturated rings. The minimum absolute atomic E-state index is 0.0293. The molecule has 16 heavy (non-hydrogen) atoms. The number of aromatic nitrogens is 4. The van der Waals surface area contributed by atoms with Crippen LogP contribution in [0.25, 0.3) is 0 Å². The Morgan fingerprint density at radius 2 is 2.25 bits per heavy atom. The van der Waals surface area contributed by atoms with Gasteiger partial charge in [-0.25, -0.2) is 4.68 Å². The Kier molecular flexibility index (Phi) is 3.92. The van der Waals surface area contributed by atoms with Gasteiger partial charge in [0.1, 0.15) is 6.04 Å². The van der Waals surface area contributed by atoms with Gasteiger partial charge in [-0.1, -0.05) is 0 Å². The summed E-state index contributed by atoms with van der Waals surface area (Å²) in [5.74, 6) is -1.08. The number of carbonyl (C=O) groups is 2. The maximum atomic E-state index is 11.4. The molecule has 0 aliphatic rings. The standard InChI is InChI=1S/C8H13N5O3/c1-3-13-6(10-11-12-13)4-7(14)9-5(2)8(15)16/h5H,3-4H2,1-2H3,(H,9,14)(H,15,16).